The summed E-state index contributed by atoms with van der Waals surface area (Å²) in [6.07, 6.45) is -8.45. The van der Waals surface area contributed by atoms with Crippen LogP contribution in [0.2, 0.25) is 0 Å². The molecule has 38 heavy (non-hydrogen) atoms. The summed E-state index contributed by atoms with van der Waals surface area (Å²) >= 11 is 0. The van der Waals surface area contributed by atoms with Crippen LogP contribution in [0.25, 0.3) is 0 Å². The van der Waals surface area contributed by atoms with Gasteiger partial charge in [-0.3, -0.25) is 4.79 Å². The van der Waals surface area contributed by atoms with E-state index in [0.29, 0.717) is 38.2 Å². The molecule has 0 N–H and O–H groups in total. The van der Waals surface area contributed by atoms with Gasteiger partial charge >= 0.3 is 12.4 Å². The summed E-state index contributed by atoms with van der Waals surface area (Å²) in [4.78, 5) is 16.5. The third-order valence-corrected chi connectivity index (χ3v) is 7.39. The summed E-state index contributed by atoms with van der Waals surface area (Å²) in [7, 11) is -1.83. The normalized spacial score (nSPS) is 19.1. The van der Waals surface area contributed by atoms with E-state index < -0.39 is 51.7 Å². The summed E-state index contributed by atoms with van der Waals surface area (Å²) in [5, 5.41) is 0. The molecule has 2 atom stereocenters. The minimum absolute atomic E-state index is 0. The number of carbonyl (C=O) groups excluding carboxylic acids is 1. The van der Waals surface area contributed by atoms with Crippen LogP contribution in [0.3, 0.4) is 0 Å². The maximum absolute atomic E-state index is 13.4. The van der Waals surface area contributed by atoms with Gasteiger partial charge in [0.05, 0.1) is 16.9 Å². The molecule has 2 aromatic rings. The van der Waals surface area contributed by atoms with Gasteiger partial charge in [-0.05, 0) is 42.3 Å². The minimum atomic E-state index is -4.98. The van der Waals surface area contributed by atoms with Gasteiger partial charge in [-0.25, -0.2) is 8.42 Å². The van der Waals surface area contributed by atoms with Crippen molar-refractivity contribution in [3.05, 3.63) is 70.8 Å². The van der Waals surface area contributed by atoms with Crippen LogP contribution in [0.1, 0.15) is 34.6 Å². The van der Waals surface area contributed by atoms with Crippen LogP contribution in [-0.4, -0.2) is 62.8 Å². The lowest BCUT2D eigenvalue weighted by Gasteiger charge is -2.39. The van der Waals surface area contributed by atoms with E-state index in [2.05, 4.69) is 0 Å². The molecule has 0 aromatic heterocycles. The number of hydrogen-bond acceptors (Lipinski definition) is 4. The summed E-state index contributed by atoms with van der Waals surface area (Å²) in [5.41, 5.74) is -2.30. The number of rotatable bonds is 7. The van der Waals surface area contributed by atoms with E-state index in [4.69, 9.17) is 0 Å². The van der Waals surface area contributed by atoms with Gasteiger partial charge in [0.25, 0.3) is 0 Å². The molecule has 1 aliphatic heterocycles. The SMILES string of the molecule is CN(Cc1cc(C(F)(F)F)cc(C(F)(F)F)c1)C(=O)C1CCN(CCS(C)(=O)=O)CC1c1ccccc1.Cl. The molecule has 2 aromatic carbocycles. The monoisotopic (exact) mass is 586 g/mol. The molecule has 1 fully saturated rings. The fourth-order valence-electron chi connectivity index (χ4n) is 4.60. The molecule has 1 aliphatic rings. The Kier molecular flexibility index (Phi) is 10.3. The molecular formula is C25H29ClF6N2O3S. The molecule has 0 spiro atoms. The molecule has 212 valence electrons. The maximum Gasteiger partial charge on any atom is 0.416 e. The average Bonchev–Trinajstić information content (AvgIpc) is 2.81. The van der Waals surface area contributed by atoms with E-state index >= 15 is 0 Å². The first-order valence-electron chi connectivity index (χ1n) is 11.5. The zero-order chi connectivity index (χ0) is 27.6. The third-order valence-electron chi connectivity index (χ3n) is 6.46. The predicted octanol–water partition coefficient (Wildman–Crippen LogP) is 5.25. The third kappa shape index (κ3) is 8.60. The number of piperidine rings is 1. The molecule has 1 heterocycles. The first-order valence-corrected chi connectivity index (χ1v) is 13.6. The lowest BCUT2D eigenvalue weighted by atomic mass is 9.79. The molecule has 13 heteroatoms. The number of hydrogen-bond donors (Lipinski definition) is 0. The highest BCUT2D eigenvalue weighted by Crippen LogP contribution is 2.37. The largest absolute Gasteiger partial charge is 0.416 e. The van der Waals surface area contributed by atoms with Crippen molar-refractivity contribution in [3.8, 4) is 0 Å². The van der Waals surface area contributed by atoms with E-state index in [0.717, 1.165) is 16.7 Å². The number of halogens is 7. The minimum Gasteiger partial charge on any atom is -0.341 e. The number of carbonyl (C=O) groups is 1. The number of sulfone groups is 1. The second kappa shape index (κ2) is 12.3. The molecule has 3 rings (SSSR count). The highest BCUT2D eigenvalue weighted by Gasteiger charge is 2.39. The van der Waals surface area contributed by atoms with Crippen LogP contribution in [0, 0.1) is 5.92 Å². The van der Waals surface area contributed by atoms with Crippen molar-refractivity contribution in [2.45, 2.75) is 31.2 Å². The van der Waals surface area contributed by atoms with Gasteiger partial charge in [0.2, 0.25) is 5.91 Å². The Morgan fingerprint density at radius 2 is 1.55 bits per heavy atom. The Balaban J connectivity index is 0.00000507. The summed E-state index contributed by atoms with van der Waals surface area (Å²) in [6.45, 7) is 0.696. The van der Waals surface area contributed by atoms with E-state index in [9.17, 15) is 39.6 Å². The van der Waals surface area contributed by atoms with E-state index in [1.54, 1.807) is 12.1 Å². The highest BCUT2D eigenvalue weighted by molar-refractivity contribution is 7.90. The van der Waals surface area contributed by atoms with Gasteiger partial charge in [-0.15, -0.1) is 12.4 Å². The van der Waals surface area contributed by atoms with Crippen molar-refractivity contribution in [2.75, 3.05) is 38.7 Å². The summed E-state index contributed by atoms with van der Waals surface area (Å²) < 4.78 is 103. The average molecular weight is 587 g/mol. The first kappa shape index (κ1) is 31.9. The topological polar surface area (TPSA) is 57.7 Å². The van der Waals surface area contributed by atoms with Crippen LogP contribution in [0.5, 0.6) is 0 Å². The van der Waals surface area contributed by atoms with Crippen LogP contribution in [0.15, 0.2) is 48.5 Å². The number of amides is 1. The fraction of sp³-hybridized carbons (Fsp3) is 0.480. The number of alkyl halides is 6. The van der Waals surface area contributed by atoms with Gasteiger partial charge in [-0.2, -0.15) is 26.3 Å². The first-order chi connectivity index (χ1) is 17.0. The molecule has 1 saturated heterocycles. The van der Waals surface area contributed by atoms with E-state index in [-0.39, 0.29) is 35.7 Å². The zero-order valence-electron chi connectivity index (χ0n) is 20.7. The number of nitrogens with zero attached hydrogens (tertiary/aromatic N) is 2. The maximum atomic E-state index is 13.4. The van der Waals surface area contributed by atoms with Gasteiger partial charge in [0.15, 0.2) is 0 Å². The molecule has 5 nitrogen and oxygen atoms in total. The predicted molar refractivity (Wildman–Crippen MR) is 134 cm³/mol. The lowest BCUT2D eigenvalue weighted by Crippen LogP contribution is -2.46. The van der Waals surface area contributed by atoms with Crippen molar-refractivity contribution in [1.29, 1.82) is 0 Å². The van der Waals surface area contributed by atoms with Crippen LogP contribution in [0.4, 0.5) is 26.3 Å². The van der Waals surface area contributed by atoms with Crippen molar-refractivity contribution in [1.82, 2.24) is 9.80 Å². The molecular weight excluding hydrogens is 558 g/mol. The molecule has 1 amide bonds. The second-order valence-electron chi connectivity index (χ2n) is 9.45. The molecule has 0 radical (unpaired) electrons. The lowest BCUT2D eigenvalue weighted by molar-refractivity contribution is -0.143. The van der Waals surface area contributed by atoms with Crippen molar-refractivity contribution >= 4 is 28.2 Å². The van der Waals surface area contributed by atoms with Gasteiger partial charge in [-0.1, -0.05) is 30.3 Å². The highest BCUT2D eigenvalue weighted by atomic mass is 35.5. The van der Waals surface area contributed by atoms with Crippen molar-refractivity contribution < 1.29 is 39.6 Å². The molecule has 0 saturated carbocycles. The summed E-state index contributed by atoms with van der Waals surface area (Å²) in [5.74, 6) is -1.33. The fourth-order valence-corrected chi connectivity index (χ4v) is 5.19. The number of benzene rings is 2. The van der Waals surface area contributed by atoms with Crippen molar-refractivity contribution in [3.63, 3.8) is 0 Å². The smallest absolute Gasteiger partial charge is 0.341 e. The summed E-state index contributed by atoms with van der Waals surface area (Å²) in [6, 6.07) is 10.4. The van der Waals surface area contributed by atoms with Gasteiger partial charge < -0.3 is 9.80 Å². The standard InChI is InChI=1S/C25H28F6N2O3S.ClH/c1-32(15-17-12-19(24(26,27)28)14-20(13-17)25(29,30)31)23(34)21-8-9-33(10-11-37(2,35)36)16-22(21)18-6-4-3-5-7-18;/h3-7,12-14,21-22H,8-11,15-16H2,1-2H3;1H. The second-order valence-corrected chi connectivity index (χ2v) is 11.7. The van der Waals surface area contributed by atoms with Crippen LogP contribution >= 0.6 is 12.4 Å². The van der Waals surface area contributed by atoms with Crippen LogP contribution < -0.4 is 0 Å². The Hall–Kier alpha value is -2.31. The van der Waals surface area contributed by atoms with E-state index in [1.807, 2.05) is 23.1 Å². The molecule has 0 bridgehead atoms. The van der Waals surface area contributed by atoms with E-state index in [1.165, 1.54) is 7.05 Å². The Labute approximate surface area is 224 Å². The quantitative estimate of drug-likeness (QED) is 0.416. The Morgan fingerprint density at radius 3 is 2.05 bits per heavy atom. The molecule has 2 unspecified atom stereocenters. The Morgan fingerprint density at radius 1 is 1.00 bits per heavy atom. The van der Waals surface area contributed by atoms with Gasteiger partial charge in [0, 0.05) is 44.8 Å². The molecule has 0 aliphatic carbocycles. The van der Waals surface area contributed by atoms with Crippen LogP contribution in [-0.2, 0) is 33.5 Å². The van der Waals surface area contributed by atoms with Gasteiger partial charge in [0.1, 0.15) is 9.84 Å². The van der Waals surface area contributed by atoms with Crippen molar-refractivity contribution in [2.24, 2.45) is 5.92 Å². The Bertz CT molecular complexity index is 1170. The number of likely N-dealkylation sites (tertiary alicyclic amines) is 1. The zero-order valence-corrected chi connectivity index (χ0v) is 22.4.